The highest BCUT2D eigenvalue weighted by atomic mass is 19.1. The van der Waals surface area contributed by atoms with Gasteiger partial charge in [-0.3, -0.25) is 4.79 Å². The second-order valence-corrected chi connectivity index (χ2v) is 5.57. The average molecular weight is 339 g/mol. The highest BCUT2D eigenvalue weighted by Gasteiger charge is 2.15. The first-order valence-corrected chi connectivity index (χ1v) is 7.84. The molecule has 0 aliphatic heterocycles. The summed E-state index contributed by atoms with van der Waals surface area (Å²) in [5.74, 6) is -0.614. The first-order valence-electron chi connectivity index (χ1n) is 7.84. The van der Waals surface area contributed by atoms with Crippen molar-refractivity contribution >= 4 is 5.91 Å². The standard InChI is InChI=1S/C19H18FN3O2/c1-13(14-8-9-18(25-2)16(20)12-14)21-19(24)17-10-11-23(22-17)15-6-4-3-5-7-15/h3-13H,1-2H3,(H,21,24)/t13-/m1/s1. The summed E-state index contributed by atoms with van der Waals surface area (Å²) in [6.07, 6.45) is 1.72. The van der Waals surface area contributed by atoms with Gasteiger partial charge in [-0.05, 0) is 42.8 Å². The minimum Gasteiger partial charge on any atom is -0.494 e. The number of carbonyl (C=O) groups excluding carboxylic acids is 1. The summed E-state index contributed by atoms with van der Waals surface area (Å²) in [4.78, 5) is 12.4. The van der Waals surface area contributed by atoms with Crippen LogP contribution >= 0.6 is 0 Å². The maximum Gasteiger partial charge on any atom is 0.272 e. The molecular weight excluding hydrogens is 321 g/mol. The van der Waals surface area contributed by atoms with E-state index in [1.807, 2.05) is 30.3 Å². The number of rotatable bonds is 5. The first kappa shape index (κ1) is 16.7. The molecule has 1 N–H and O–H groups in total. The average Bonchev–Trinajstić information content (AvgIpc) is 3.12. The van der Waals surface area contributed by atoms with Crippen molar-refractivity contribution in [2.24, 2.45) is 0 Å². The van der Waals surface area contributed by atoms with Crippen molar-refractivity contribution < 1.29 is 13.9 Å². The molecular formula is C19H18FN3O2. The summed E-state index contributed by atoms with van der Waals surface area (Å²) in [5, 5.41) is 7.10. The predicted molar refractivity (Wildman–Crippen MR) is 92.4 cm³/mol. The predicted octanol–water partition coefficient (Wildman–Crippen LogP) is 3.51. The molecule has 1 atom stereocenters. The normalized spacial score (nSPS) is 11.8. The number of nitrogens with zero attached hydrogens (tertiary/aromatic N) is 2. The summed E-state index contributed by atoms with van der Waals surface area (Å²) in [5.41, 5.74) is 1.81. The molecule has 0 bridgehead atoms. The van der Waals surface area contributed by atoms with Gasteiger partial charge < -0.3 is 10.1 Å². The van der Waals surface area contributed by atoms with Gasteiger partial charge in [0.25, 0.3) is 5.91 Å². The number of nitrogens with one attached hydrogen (secondary N) is 1. The Hall–Kier alpha value is -3.15. The number of halogens is 1. The van der Waals surface area contributed by atoms with Crippen molar-refractivity contribution in [2.75, 3.05) is 7.11 Å². The molecule has 3 rings (SSSR count). The summed E-state index contributed by atoms with van der Waals surface area (Å²) < 4.78 is 20.3. The molecule has 0 fully saturated rings. The lowest BCUT2D eigenvalue weighted by Gasteiger charge is -2.14. The van der Waals surface area contributed by atoms with Gasteiger partial charge in [-0.15, -0.1) is 0 Å². The van der Waals surface area contributed by atoms with E-state index >= 15 is 0 Å². The van der Waals surface area contributed by atoms with E-state index in [0.717, 1.165) is 5.69 Å². The van der Waals surface area contributed by atoms with E-state index in [1.165, 1.54) is 19.2 Å². The van der Waals surface area contributed by atoms with E-state index in [2.05, 4.69) is 10.4 Å². The van der Waals surface area contributed by atoms with Crippen molar-refractivity contribution in [2.45, 2.75) is 13.0 Å². The first-order chi connectivity index (χ1) is 12.1. The number of carbonyl (C=O) groups is 1. The van der Waals surface area contributed by atoms with Gasteiger partial charge in [0.1, 0.15) is 0 Å². The zero-order valence-electron chi connectivity index (χ0n) is 13.9. The Labute approximate surface area is 145 Å². The van der Waals surface area contributed by atoms with Crippen LogP contribution in [0.5, 0.6) is 5.75 Å². The highest BCUT2D eigenvalue weighted by Crippen LogP contribution is 2.22. The van der Waals surface area contributed by atoms with Crippen LogP contribution in [0.25, 0.3) is 5.69 Å². The Morgan fingerprint density at radius 1 is 1.20 bits per heavy atom. The Morgan fingerprint density at radius 3 is 2.64 bits per heavy atom. The largest absolute Gasteiger partial charge is 0.494 e. The molecule has 0 aliphatic rings. The number of hydrogen-bond acceptors (Lipinski definition) is 3. The van der Waals surface area contributed by atoms with Gasteiger partial charge in [0.15, 0.2) is 17.3 Å². The van der Waals surface area contributed by atoms with E-state index < -0.39 is 5.82 Å². The number of para-hydroxylation sites is 1. The van der Waals surface area contributed by atoms with Gasteiger partial charge in [0, 0.05) is 6.20 Å². The van der Waals surface area contributed by atoms with Crippen molar-refractivity contribution in [1.82, 2.24) is 15.1 Å². The molecule has 0 saturated heterocycles. The third-order valence-electron chi connectivity index (χ3n) is 3.87. The molecule has 0 spiro atoms. The van der Waals surface area contributed by atoms with Gasteiger partial charge in [-0.2, -0.15) is 5.10 Å². The van der Waals surface area contributed by atoms with E-state index in [1.54, 1.807) is 29.9 Å². The fourth-order valence-corrected chi connectivity index (χ4v) is 2.48. The van der Waals surface area contributed by atoms with Gasteiger partial charge in [0.05, 0.1) is 18.8 Å². The molecule has 1 heterocycles. The van der Waals surface area contributed by atoms with E-state index in [-0.39, 0.29) is 17.7 Å². The van der Waals surface area contributed by atoms with Gasteiger partial charge in [-0.25, -0.2) is 9.07 Å². The molecule has 0 radical (unpaired) electrons. The third kappa shape index (κ3) is 3.68. The molecule has 3 aromatic rings. The van der Waals surface area contributed by atoms with Crippen molar-refractivity contribution in [3.63, 3.8) is 0 Å². The molecule has 2 aromatic carbocycles. The summed E-state index contributed by atoms with van der Waals surface area (Å²) in [7, 11) is 1.41. The number of hydrogen-bond donors (Lipinski definition) is 1. The van der Waals surface area contributed by atoms with Crippen molar-refractivity contribution in [1.29, 1.82) is 0 Å². The number of aromatic nitrogens is 2. The summed E-state index contributed by atoms with van der Waals surface area (Å²) in [6, 6.07) is 15.4. The molecule has 1 amide bonds. The summed E-state index contributed by atoms with van der Waals surface area (Å²) >= 11 is 0. The van der Waals surface area contributed by atoms with Gasteiger partial charge in [-0.1, -0.05) is 24.3 Å². The number of methoxy groups -OCH3 is 1. The minimum atomic E-state index is -0.463. The lowest BCUT2D eigenvalue weighted by molar-refractivity contribution is 0.0934. The summed E-state index contributed by atoms with van der Waals surface area (Å²) in [6.45, 7) is 1.79. The molecule has 0 saturated carbocycles. The zero-order chi connectivity index (χ0) is 17.8. The Morgan fingerprint density at radius 2 is 1.96 bits per heavy atom. The second-order valence-electron chi connectivity index (χ2n) is 5.57. The van der Waals surface area contributed by atoms with Crippen molar-refractivity contribution in [3.8, 4) is 11.4 Å². The number of ether oxygens (including phenoxy) is 1. The Kier molecular flexibility index (Phi) is 4.79. The Balaban J connectivity index is 1.72. The van der Waals surface area contributed by atoms with Gasteiger partial charge in [0.2, 0.25) is 0 Å². The molecule has 5 nitrogen and oxygen atoms in total. The Bertz CT molecular complexity index is 877. The van der Waals surface area contributed by atoms with Crippen LogP contribution in [0.1, 0.15) is 29.0 Å². The highest BCUT2D eigenvalue weighted by molar-refractivity contribution is 5.92. The topological polar surface area (TPSA) is 56.1 Å². The maximum atomic E-state index is 13.8. The van der Waals surface area contributed by atoms with Crippen LogP contribution in [0.4, 0.5) is 4.39 Å². The van der Waals surface area contributed by atoms with E-state index in [0.29, 0.717) is 11.3 Å². The van der Waals surface area contributed by atoms with E-state index in [4.69, 9.17) is 4.74 Å². The zero-order valence-corrected chi connectivity index (χ0v) is 13.9. The molecule has 1 aromatic heterocycles. The van der Waals surface area contributed by atoms with Crippen LogP contribution in [0, 0.1) is 5.82 Å². The monoisotopic (exact) mass is 339 g/mol. The maximum absolute atomic E-state index is 13.8. The fourth-order valence-electron chi connectivity index (χ4n) is 2.48. The van der Waals surface area contributed by atoms with Crippen molar-refractivity contribution in [3.05, 3.63) is 77.9 Å². The van der Waals surface area contributed by atoms with Gasteiger partial charge >= 0.3 is 0 Å². The van der Waals surface area contributed by atoms with Crippen LogP contribution in [-0.2, 0) is 0 Å². The lowest BCUT2D eigenvalue weighted by Crippen LogP contribution is -2.27. The SMILES string of the molecule is COc1ccc([C@@H](C)NC(=O)c2ccn(-c3ccccc3)n2)cc1F. The number of amides is 1. The molecule has 25 heavy (non-hydrogen) atoms. The van der Waals surface area contributed by atoms with Crippen LogP contribution < -0.4 is 10.1 Å². The van der Waals surface area contributed by atoms with Crippen LogP contribution in [0.15, 0.2) is 60.8 Å². The molecule has 128 valence electrons. The van der Waals surface area contributed by atoms with Crippen LogP contribution in [0.2, 0.25) is 0 Å². The second kappa shape index (κ2) is 7.17. The van der Waals surface area contributed by atoms with E-state index in [9.17, 15) is 9.18 Å². The lowest BCUT2D eigenvalue weighted by atomic mass is 10.1. The smallest absolute Gasteiger partial charge is 0.272 e. The molecule has 6 heteroatoms. The third-order valence-corrected chi connectivity index (χ3v) is 3.87. The minimum absolute atomic E-state index is 0.170. The fraction of sp³-hybridized carbons (Fsp3) is 0.158. The quantitative estimate of drug-likeness (QED) is 0.774. The van der Waals surface area contributed by atoms with Crippen LogP contribution in [-0.4, -0.2) is 22.8 Å². The van der Waals surface area contributed by atoms with Crippen LogP contribution in [0.3, 0.4) is 0 Å². The molecule has 0 aliphatic carbocycles. The molecule has 0 unspecified atom stereocenters. The number of benzene rings is 2.